The molecule has 0 fully saturated rings. The molecule has 0 aromatic heterocycles. The van der Waals surface area contributed by atoms with Gasteiger partial charge in [0.1, 0.15) is 5.41 Å². The van der Waals surface area contributed by atoms with Gasteiger partial charge in [-0.2, -0.15) is 0 Å². The molecule has 4 aromatic rings. The first-order chi connectivity index (χ1) is 14.7. The Morgan fingerprint density at radius 2 is 0.933 bits per heavy atom. The zero-order valence-corrected chi connectivity index (χ0v) is 17.0. The van der Waals surface area contributed by atoms with Gasteiger partial charge in [-0.1, -0.05) is 121 Å². The molecule has 0 saturated heterocycles. The molecule has 0 radical (unpaired) electrons. The topological polar surface area (TPSA) is 29.1 Å². The van der Waals surface area contributed by atoms with Crippen molar-refractivity contribution < 1.29 is 4.79 Å². The van der Waals surface area contributed by atoms with Crippen molar-refractivity contribution in [2.24, 2.45) is 0 Å². The molecule has 0 aliphatic rings. The van der Waals surface area contributed by atoms with Gasteiger partial charge in [0.25, 0.3) is 0 Å². The Kier molecular flexibility index (Phi) is 5.76. The molecular formula is C28H25NO. The molecule has 1 amide bonds. The molecule has 4 rings (SSSR count). The maximum atomic E-state index is 14.1. The number of hydrogen-bond donors (Lipinski definition) is 1. The van der Waals surface area contributed by atoms with Crippen LogP contribution in [0.3, 0.4) is 0 Å². The zero-order chi connectivity index (χ0) is 20.8. The van der Waals surface area contributed by atoms with Gasteiger partial charge < -0.3 is 5.32 Å². The van der Waals surface area contributed by atoms with E-state index in [4.69, 9.17) is 0 Å². The Hall–Kier alpha value is -3.65. The molecule has 0 spiro atoms. The fourth-order valence-electron chi connectivity index (χ4n) is 4.09. The van der Waals surface area contributed by atoms with E-state index in [1.165, 1.54) is 0 Å². The van der Waals surface area contributed by atoms with Gasteiger partial charge in [-0.25, -0.2) is 0 Å². The minimum Gasteiger partial charge on any atom is -0.348 e. The molecular weight excluding hydrogens is 366 g/mol. The van der Waals surface area contributed by atoms with Crippen molar-refractivity contribution in [3.63, 3.8) is 0 Å². The van der Waals surface area contributed by atoms with Gasteiger partial charge >= 0.3 is 0 Å². The summed E-state index contributed by atoms with van der Waals surface area (Å²) in [6.45, 7) is 2.03. The fraction of sp³-hybridized carbons (Fsp3) is 0.107. The highest BCUT2D eigenvalue weighted by Crippen LogP contribution is 2.40. The standard InChI is InChI=1S/C28H25NO/c1-22(23-14-6-2-7-15-23)29-27(30)28(24-16-8-3-9-17-24,25-18-10-4-11-19-25)26-20-12-5-13-21-26/h2-22H,1H3,(H,29,30)/t22-/m0/s1. The molecule has 0 aliphatic carbocycles. The van der Waals surface area contributed by atoms with Gasteiger partial charge in [0.2, 0.25) is 5.91 Å². The van der Waals surface area contributed by atoms with Crippen LogP contribution in [-0.2, 0) is 10.2 Å². The van der Waals surface area contributed by atoms with Gasteiger partial charge in [0.15, 0.2) is 0 Å². The van der Waals surface area contributed by atoms with Crippen molar-refractivity contribution in [3.05, 3.63) is 144 Å². The van der Waals surface area contributed by atoms with Crippen LogP contribution < -0.4 is 5.32 Å². The van der Waals surface area contributed by atoms with Crippen molar-refractivity contribution in [1.29, 1.82) is 0 Å². The van der Waals surface area contributed by atoms with Crippen LogP contribution in [0.1, 0.15) is 35.2 Å². The normalized spacial score (nSPS) is 12.2. The van der Waals surface area contributed by atoms with Crippen LogP contribution in [-0.4, -0.2) is 5.91 Å². The predicted molar refractivity (Wildman–Crippen MR) is 122 cm³/mol. The molecule has 2 heteroatoms. The van der Waals surface area contributed by atoms with E-state index in [1.54, 1.807) is 0 Å². The van der Waals surface area contributed by atoms with Crippen LogP contribution in [0, 0.1) is 0 Å². The number of carbonyl (C=O) groups is 1. The maximum Gasteiger partial charge on any atom is 0.240 e. The highest BCUT2D eigenvalue weighted by atomic mass is 16.2. The molecule has 0 bridgehead atoms. The van der Waals surface area contributed by atoms with Crippen molar-refractivity contribution >= 4 is 5.91 Å². The quantitative estimate of drug-likeness (QED) is 0.408. The third kappa shape index (κ3) is 3.65. The molecule has 0 aliphatic heterocycles. The number of nitrogens with one attached hydrogen (secondary N) is 1. The maximum absolute atomic E-state index is 14.1. The molecule has 0 unspecified atom stereocenters. The van der Waals surface area contributed by atoms with Crippen LogP contribution in [0.25, 0.3) is 0 Å². The first-order valence-corrected chi connectivity index (χ1v) is 10.3. The highest BCUT2D eigenvalue weighted by Gasteiger charge is 2.44. The lowest BCUT2D eigenvalue weighted by molar-refractivity contribution is -0.124. The first-order valence-electron chi connectivity index (χ1n) is 10.3. The van der Waals surface area contributed by atoms with Crippen LogP contribution >= 0.6 is 0 Å². The van der Waals surface area contributed by atoms with Crippen LogP contribution in [0.15, 0.2) is 121 Å². The van der Waals surface area contributed by atoms with E-state index in [1.807, 2.05) is 128 Å². The van der Waals surface area contributed by atoms with E-state index in [2.05, 4.69) is 5.32 Å². The van der Waals surface area contributed by atoms with Crippen LogP contribution in [0.5, 0.6) is 0 Å². The summed E-state index contributed by atoms with van der Waals surface area (Å²) in [6.07, 6.45) is 0. The van der Waals surface area contributed by atoms with Gasteiger partial charge in [-0.3, -0.25) is 4.79 Å². The predicted octanol–water partition coefficient (Wildman–Crippen LogP) is 5.90. The Morgan fingerprint density at radius 1 is 0.600 bits per heavy atom. The Bertz CT molecular complexity index is 980. The summed E-state index contributed by atoms with van der Waals surface area (Å²) < 4.78 is 0. The van der Waals surface area contributed by atoms with Gasteiger partial charge in [-0.05, 0) is 29.2 Å². The SMILES string of the molecule is C[C@H](NC(=O)C(c1ccccc1)(c1ccccc1)c1ccccc1)c1ccccc1. The Balaban J connectivity index is 1.90. The lowest BCUT2D eigenvalue weighted by atomic mass is 9.68. The molecule has 148 valence electrons. The van der Waals surface area contributed by atoms with E-state index in [9.17, 15) is 4.79 Å². The summed E-state index contributed by atoms with van der Waals surface area (Å²) in [7, 11) is 0. The number of rotatable bonds is 6. The second kappa shape index (κ2) is 8.79. The van der Waals surface area contributed by atoms with Crippen molar-refractivity contribution in [1.82, 2.24) is 5.32 Å². The summed E-state index contributed by atoms with van der Waals surface area (Å²) in [5.74, 6) is -0.0394. The molecule has 1 N–H and O–H groups in total. The second-order valence-corrected chi connectivity index (χ2v) is 7.45. The molecule has 30 heavy (non-hydrogen) atoms. The third-order valence-corrected chi connectivity index (χ3v) is 5.61. The number of hydrogen-bond acceptors (Lipinski definition) is 1. The van der Waals surface area contributed by atoms with E-state index < -0.39 is 5.41 Å². The van der Waals surface area contributed by atoms with Crippen molar-refractivity contribution in [3.8, 4) is 0 Å². The summed E-state index contributed by atoms with van der Waals surface area (Å²) >= 11 is 0. The monoisotopic (exact) mass is 391 g/mol. The summed E-state index contributed by atoms with van der Waals surface area (Å²) in [4.78, 5) is 14.1. The first kappa shape index (κ1) is 19.7. The molecule has 0 heterocycles. The van der Waals surface area contributed by atoms with Crippen molar-refractivity contribution in [2.75, 3.05) is 0 Å². The molecule has 2 nitrogen and oxygen atoms in total. The summed E-state index contributed by atoms with van der Waals surface area (Å²) in [5, 5.41) is 3.29. The number of carbonyl (C=O) groups excluding carboxylic acids is 1. The summed E-state index contributed by atoms with van der Waals surface area (Å²) in [6, 6.07) is 40.0. The largest absolute Gasteiger partial charge is 0.348 e. The number of amides is 1. The van der Waals surface area contributed by atoms with Gasteiger partial charge in [-0.15, -0.1) is 0 Å². The zero-order valence-electron chi connectivity index (χ0n) is 17.0. The Morgan fingerprint density at radius 3 is 1.30 bits per heavy atom. The smallest absolute Gasteiger partial charge is 0.240 e. The lowest BCUT2D eigenvalue weighted by Gasteiger charge is -2.35. The average Bonchev–Trinajstić information content (AvgIpc) is 2.82. The summed E-state index contributed by atoms with van der Waals surface area (Å²) in [5.41, 5.74) is 2.96. The third-order valence-electron chi connectivity index (χ3n) is 5.61. The Labute approximate surface area is 178 Å². The van der Waals surface area contributed by atoms with E-state index in [-0.39, 0.29) is 11.9 Å². The average molecular weight is 392 g/mol. The van der Waals surface area contributed by atoms with Crippen LogP contribution in [0.2, 0.25) is 0 Å². The van der Waals surface area contributed by atoms with Gasteiger partial charge in [0, 0.05) is 0 Å². The minimum atomic E-state index is -0.952. The molecule has 0 saturated carbocycles. The highest BCUT2D eigenvalue weighted by molar-refractivity contribution is 5.96. The van der Waals surface area contributed by atoms with E-state index in [0.717, 1.165) is 22.3 Å². The molecule has 1 atom stereocenters. The van der Waals surface area contributed by atoms with Crippen molar-refractivity contribution in [2.45, 2.75) is 18.4 Å². The molecule has 4 aromatic carbocycles. The van der Waals surface area contributed by atoms with E-state index >= 15 is 0 Å². The second-order valence-electron chi connectivity index (χ2n) is 7.45. The lowest BCUT2D eigenvalue weighted by Crippen LogP contribution is -2.47. The van der Waals surface area contributed by atoms with Crippen LogP contribution in [0.4, 0.5) is 0 Å². The minimum absolute atomic E-state index is 0.0394. The fourth-order valence-corrected chi connectivity index (χ4v) is 4.09. The van der Waals surface area contributed by atoms with E-state index in [0.29, 0.717) is 0 Å². The van der Waals surface area contributed by atoms with Gasteiger partial charge in [0.05, 0.1) is 6.04 Å². The number of benzene rings is 4.